The molecule has 4 rings (SSSR count). The zero-order valence-corrected chi connectivity index (χ0v) is 22.8. The fourth-order valence-electron chi connectivity index (χ4n) is 4.96. The Balaban J connectivity index is 1.42. The van der Waals surface area contributed by atoms with Gasteiger partial charge in [0.15, 0.2) is 0 Å². The van der Waals surface area contributed by atoms with Gasteiger partial charge < -0.3 is 21.3 Å². The lowest BCUT2D eigenvalue weighted by atomic mass is 9.90. The van der Waals surface area contributed by atoms with Gasteiger partial charge >= 0.3 is 0 Å². The summed E-state index contributed by atoms with van der Waals surface area (Å²) in [5.41, 5.74) is 8.71. The molecule has 8 heteroatoms. The second-order valence-electron chi connectivity index (χ2n) is 9.61. The van der Waals surface area contributed by atoms with Crippen LogP contribution in [-0.2, 0) is 4.79 Å². The van der Waals surface area contributed by atoms with Crippen molar-refractivity contribution >= 4 is 35.0 Å². The molecule has 3 aromatic carbocycles. The SMILES string of the molecule is NCCC1NC(CCNC(=O)c2ccc(Cl)c(Cl)c2)CCN(CC(c2ccccc2)c2ccccc2)C1=O. The number of rotatable bonds is 10. The van der Waals surface area contributed by atoms with E-state index in [0.29, 0.717) is 54.6 Å². The molecule has 1 aliphatic heterocycles. The Kier molecular flexibility index (Phi) is 10.2. The van der Waals surface area contributed by atoms with E-state index in [1.54, 1.807) is 18.2 Å². The summed E-state index contributed by atoms with van der Waals surface area (Å²) in [6.45, 7) is 2.11. The third-order valence-electron chi connectivity index (χ3n) is 7.02. The van der Waals surface area contributed by atoms with E-state index in [1.807, 2.05) is 41.3 Å². The van der Waals surface area contributed by atoms with Crippen LogP contribution in [0.25, 0.3) is 0 Å². The van der Waals surface area contributed by atoms with E-state index in [4.69, 9.17) is 28.9 Å². The lowest BCUT2D eigenvalue weighted by Crippen LogP contribution is -2.48. The van der Waals surface area contributed by atoms with Crippen molar-refractivity contribution in [2.24, 2.45) is 5.73 Å². The molecule has 0 spiro atoms. The summed E-state index contributed by atoms with van der Waals surface area (Å²) in [4.78, 5) is 28.2. The van der Waals surface area contributed by atoms with Gasteiger partial charge in [0.2, 0.25) is 5.91 Å². The van der Waals surface area contributed by atoms with E-state index in [0.717, 1.165) is 6.42 Å². The molecule has 1 aliphatic rings. The molecular formula is C30H34Cl2N4O2. The van der Waals surface area contributed by atoms with E-state index >= 15 is 0 Å². The summed E-state index contributed by atoms with van der Waals surface area (Å²) in [5.74, 6) is -0.0569. The van der Waals surface area contributed by atoms with E-state index in [-0.39, 0.29) is 29.8 Å². The lowest BCUT2D eigenvalue weighted by Gasteiger charge is -2.29. The molecule has 0 radical (unpaired) electrons. The van der Waals surface area contributed by atoms with Crippen LogP contribution >= 0.6 is 23.2 Å². The molecule has 3 aromatic rings. The molecule has 2 unspecified atom stereocenters. The monoisotopic (exact) mass is 552 g/mol. The van der Waals surface area contributed by atoms with E-state index in [2.05, 4.69) is 34.9 Å². The van der Waals surface area contributed by atoms with Crippen molar-refractivity contribution in [3.63, 3.8) is 0 Å². The fraction of sp³-hybridized carbons (Fsp3) is 0.333. The normalized spacial score (nSPS) is 17.9. The number of carbonyl (C=O) groups is 2. The van der Waals surface area contributed by atoms with Gasteiger partial charge in [0.1, 0.15) is 0 Å². The molecule has 2 atom stereocenters. The Bertz CT molecular complexity index is 1170. The minimum atomic E-state index is -0.356. The van der Waals surface area contributed by atoms with Crippen LogP contribution in [-0.4, -0.2) is 55.0 Å². The number of nitrogens with zero attached hydrogens (tertiary/aromatic N) is 1. The first kappa shape index (κ1) is 28.1. The number of hydrogen-bond donors (Lipinski definition) is 3. The Morgan fingerprint density at radius 2 is 1.63 bits per heavy atom. The molecule has 0 saturated carbocycles. The Hall–Kier alpha value is -2.90. The van der Waals surface area contributed by atoms with Crippen molar-refractivity contribution in [3.05, 3.63) is 106 Å². The molecule has 1 heterocycles. The van der Waals surface area contributed by atoms with Crippen molar-refractivity contribution in [1.29, 1.82) is 0 Å². The molecule has 1 saturated heterocycles. The number of carbonyl (C=O) groups excluding carboxylic acids is 2. The number of benzene rings is 3. The summed E-state index contributed by atoms with van der Waals surface area (Å²) < 4.78 is 0. The van der Waals surface area contributed by atoms with Crippen LogP contribution in [0, 0.1) is 0 Å². The lowest BCUT2D eigenvalue weighted by molar-refractivity contribution is -0.133. The predicted molar refractivity (Wildman–Crippen MR) is 154 cm³/mol. The zero-order valence-electron chi connectivity index (χ0n) is 21.3. The van der Waals surface area contributed by atoms with Crippen LogP contribution in [0.2, 0.25) is 10.0 Å². The van der Waals surface area contributed by atoms with Gasteiger partial charge in [0.05, 0.1) is 16.1 Å². The zero-order chi connectivity index (χ0) is 26.9. The molecule has 2 amide bonds. The van der Waals surface area contributed by atoms with Gasteiger partial charge in [-0.25, -0.2) is 0 Å². The minimum Gasteiger partial charge on any atom is -0.352 e. The minimum absolute atomic E-state index is 0.0708. The maximum atomic E-state index is 13.6. The Labute approximate surface area is 234 Å². The molecule has 0 aliphatic carbocycles. The van der Waals surface area contributed by atoms with Gasteiger partial charge in [-0.3, -0.25) is 9.59 Å². The largest absolute Gasteiger partial charge is 0.352 e. The summed E-state index contributed by atoms with van der Waals surface area (Å²) in [7, 11) is 0. The average Bonchev–Trinajstić information content (AvgIpc) is 3.08. The molecule has 200 valence electrons. The summed E-state index contributed by atoms with van der Waals surface area (Å²) in [6.07, 6.45) is 2.03. The van der Waals surface area contributed by atoms with Crippen molar-refractivity contribution in [1.82, 2.24) is 15.5 Å². The molecule has 0 aromatic heterocycles. The Morgan fingerprint density at radius 3 is 2.24 bits per heavy atom. The van der Waals surface area contributed by atoms with E-state index < -0.39 is 0 Å². The van der Waals surface area contributed by atoms with Gasteiger partial charge in [-0.15, -0.1) is 0 Å². The van der Waals surface area contributed by atoms with Crippen LogP contribution in [0.3, 0.4) is 0 Å². The van der Waals surface area contributed by atoms with Crippen LogP contribution in [0.1, 0.15) is 46.7 Å². The fourth-order valence-corrected chi connectivity index (χ4v) is 5.26. The predicted octanol–water partition coefficient (Wildman–Crippen LogP) is 4.85. The van der Waals surface area contributed by atoms with Crippen LogP contribution in [0.15, 0.2) is 78.9 Å². The smallest absolute Gasteiger partial charge is 0.251 e. The highest BCUT2D eigenvalue weighted by atomic mass is 35.5. The highest BCUT2D eigenvalue weighted by Crippen LogP contribution is 2.27. The summed E-state index contributed by atoms with van der Waals surface area (Å²) >= 11 is 12.0. The van der Waals surface area contributed by atoms with Gasteiger partial charge in [0, 0.05) is 37.2 Å². The molecule has 6 nitrogen and oxygen atoms in total. The number of nitrogens with one attached hydrogen (secondary N) is 2. The number of amides is 2. The maximum absolute atomic E-state index is 13.6. The highest BCUT2D eigenvalue weighted by Gasteiger charge is 2.32. The van der Waals surface area contributed by atoms with E-state index in [1.165, 1.54) is 11.1 Å². The topological polar surface area (TPSA) is 87.5 Å². The average molecular weight is 554 g/mol. The van der Waals surface area contributed by atoms with Crippen LogP contribution in [0.5, 0.6) is 0 Å². The van der Waals surface area contributed by atoms with Crippen LogP contribution < -0.4 is 16.4 Å². The first-order valence-corrected chi connectivity index (χ1v) is 13.8. The third-order valence-corrected chi connectivity index (χ3v) is 7.76. The van der Waals surface area contributed by atoms with Crippen molar-refractivity contribution in [2.75, 3.05) is 26.2 Å². The highest BCUT2D eigenvalue weighted by molar-refractivity contribution is 6.42. The number of hydrogen-bond acceptors (Lipinski definition) is 4. The number of halogens is 2. The molecule has 4 N–H and O–H groups in total. The molecule has 0 bridgehead atoms. The van der Waals surface area contributed by atoms with Crippen molar-refractivity contribution in [2.45, 2.75) is 37.3 Å². The Morgan fingerprint density at radius 1 is 0.974 bits per heavy atom. The van der Waals surface area contributed by atoms with Gasteiger partial charge in [-0.1, -0.05) is 83.9 Å². The third kappa shape index (κ3) is 7.35. The van der Waals surface area contributed by atoms with Gasteiger partial charge in [-0.2, -0.15) is 0 Å². The first-order chi connectivity index (χ1) is 18.5. The van der Waals surface area contributed by atoms with Gasteiger partial charge in [0.25, 0.3) is 5.91 Å². The summed E-state index contributed by atoms with van der Waals surface area (Å²) in [6, 6.07) is 25.2. The number of nitrogens with two attached hydrogens (primary N) is 1. The maximum Gasteiger partial charge on any atom is 0.251 e. The molecular weight excluding hydrogens is 519 g/mol. The second kappa shape index (κ2) is 13.8. The first-order valence-electron chi connectivity index (χ1n) is 13.0. The molecule has 1 fully saturated rings. The van der Waals surface area contributed by atoms with E-state index in [9.17, 15) is 9.59 Å². The quantitative estimate of drug-likeness (QED) is 0.335. The standard InChI is InChI=1S/C30H34Cl2N4O2/c31-26-12-11-23(19-27(26)32)29(37)34-17-14-24-15-18-36(30(38)28(35-24)13-16-33)20-25(21-7-3-1-4-8-21)22-9-5-2-6-10-22/h1-12,19,24-25,28,35H,13-18,20,33H2,(H,34,37). The van der Waals surface area contributed by atoms with Crippen molar-refractivity contribution in [3.8, 4) is 0 Å². The molecule has 38 heavy (non-hydrogen) atoms. The summed E-state index contributed by atoms with van der Waals surface area (Å²) in [5, 5.41) is 7.23. The second-order valence-corrected chi connectivity index (χ2v) is 10.4. The van der Waals surface area contributed by atoms with Gasteiger partial charge in [-0.05, 0) is 55.1 Å². The van der Waals surface area contributed by atoms with Crippen molar-refractivity contribution < 1.29 is 9.59 Å². The van der Waals surface area contributed by atoms with Crippen LogP contribution in [0.4, 0.5) is 0 Å².